The number of phenols is 1. The van der Waals surface area contributed by atoms with Gasteiger partial charge < -0.3 is 14.7 Å². The highest BCUT2D eigenvalue weighted by atomic mass is 16.5. The average Bonchev–Trinajstić information content (AvgIpc) is 2.48. The highest BCUT2D eigenvalue weighted by molar-refractivity contribution is 5.53. The Labute approximate surface area is 124 Å². The fraction of sp³-hybridized carbons (Fsp3) is 0.333. The van der Waals surface area contributed by atoms with Gasteiger partial charge >= 0.3 is 0 Å². The standard InChI is InChI=1S/C18H19NO2/c1-19-11-15-10-18(12-19,13-5-3-2-4-6-13)16-9-14(20)7-8-17(16)21-15/h2-9,15,20H,10-12H2,1H3. The normalized spacial score (nSPS) is 27.8. The molecule has 1 N–H and O–H groups in total. The van der Waals surface area contributed by atoms with Gasteiger partial charge in [-0.15, -0.1) is 0 Å². The number of hydrogen-bond donors (Lipinski definition) is 1. The molecule has 0 spiro atoms. The molecule has 2 aliphatic rings. The summed E-state index contributed by atoms with van der Waals surface area (Å²) in [7, 11) is 2.14. The Kier molecular flexibility index (Phi) is 2.73. The molecule has 2 bridgehead atoms. The van der Waals surface area contributed by atoms with E-state index in [1.165, 1.54) is 5.56 Å². The van der Waals surface area contributed by atoms with Crippen LogP contribution in [0.1, 0.15) is 17.5 Å². The molecule has 2 aliphatic heterocycles. The molecule has 0 aliphatic carbocycles. The predicted octanol–water partition coefficient (Wildman–Crippen LogP) is 2.77. The smallest absolute Gasteiger partial charge is 0.124 e. The second kappa shape index (κ2) is 4.50. The lowest BCUT2D eigenvalue weighted by Crippen LogP contribution is -2.55. The summed E-state index contributed by atoms with van der Waals surface area (Å²) < 4.78 is 6.12. The van der Waals surface area contributed by atoms with Gasteiger partial charge in [0, 0.05) is 30.5 Å². The first-order valence-corrected chi connectivity index (χ1v) is 7.42. The summed E-state index contributed by atoms with van der Waals surface area (Å²) >= 11 is 0. The van der Waals surface area contributed by atoms with Crippen LogP contribution in [-0.4, -0.2) is 36.2 Å². The van der Waals surface area contributed by atoms with Gasteiger partial charge in [0.1, 0.15) is 17.6 Å². The molecule has 2 aromatic rings. The molecule has 1 fully saturated rings. The second-order valence-electron chi connectivity index (χ2n) is 6.27. The number of piperidine rings is 1. The summed E-state index contributed by atoms with van der Waals surface area (Å²) in [6, 6.07) is 16.1. The number of aromatic hydroxyl groups is 1. The summed E-state index contributed by atoms with van der Waals surface area (Å²) in [6.07, 6.45) is 1.18. The van der Waals surface area contributed by atoms with Crippen LogP contribution in [0, 0.1) is 0 Å². The van der Waals surface area contributed by atoms with Crippen LogP contribution in [0.25, 0.3) is 0 Å². The number of fused-ring (bicyclic) bond motifs is 4. The Balaban J connectivity index is 1.96. The largest absolute Gasteiger partial charge is 0.508 e. The van der Waals surface area contributed by atoms with Gasteiger partial charge in [-0.25, -0.2) is 0 Å². The lowest BCUT2D eigenvalue weighted by molar-refractivity contribution is 0.0434. The number of ether oxygens (including phenoxy) is 1. The summed E-state index contributed by atoms with van der Waals surface area (Å²) in [4.78, 5) is 2.33. The number of nitrogens with zero attached hydrogens (tertiary/aromatic N) is 1. The molecule has 0 radical (unpaired) electrons. The first-order valence-electron chi connectivity index (χ1n) is 7.42. The number of likely N-dealkylation sites (N-methyl/N-ethyl adjacent to an activating group) is 1. The zero-order valence-corrected chi connectivity index (χ0v) is 12.1. The van der Waals surface area contributed by atoms with Crippen molar-refractivity contribution in [2.45, 2.75) is 17.9 Å². The topological polar surface area (TPSA) is 32.7 Å². The third-order valence-electron chi connectivity index (χ3n) is 4.73. The van der Waals surface area contributed by atoms with Crippen molar-refractivity contribution >= 4 is 0 Å². The van der Waals surface area contributed by atoms with E-state index < -0.39 is 0 Å². The Morgan fingerprint density at radius 3 is 2.81 bits per heavy atom. The Morgan fingerprint density at radius 1 is 1.19 bits per heavy atom. The van der Waals surface area contributed by atoms with Crippen molar-refractivity contribution in [3.8, 4) is 11.5 Å². The van der Waals surface area contributed by atoms with Crippen molar-refractivity contribution in [3.63, 3.8) is 0 Å². The van der Waals surface area contributed by atoms with Crippen LogP contribution in [0.4, 0.5) is 0 Å². The molecule has 0 saturated carbocycles. The van der Waals surface area contributed by atoms with E-state index in [9.17, 15) is 5.11 Å². The van der Waals surface area contributed by atoms with E-state index in [0.717, 1.165) is 30.8 Å². The maximum atomic E-state index is 9.94. The number of hydrogen-bond acceptors (Lipinski definition) is 3. The van der Waals surface area contributed by atoms with E-state index >= 15 is 0 Å². The van der Waals surface area contributed by atoms with E-state index in [-0.39, 0.29) is 11.5 Å². The Bertz CT molecular complexity index is 670. The van der Waals surface area contributed by atoms with Crippen molar-refractivity contribution in [2.75, 3.05) is 20.1 Å². The molecule has 3 nitrogen and oxygen atoms in total. The first-order chi connectivity index (χ1) is 10.2. The predicted molar refractivity (Wildman–Crippen MR) is 81.9 cm³/mol. The summed E-state index contributed by atoms with van der Waals surface area (Å²) in [5, 5.41) is 9.94. The van der Waals surface area contributed by atoms with Crippen LogP contribution in [-0.2, 0) is 5.41 Å². The van der Waals surface area contributed by atoms with E-state index in [2.05, 4.69) is 36.2 Å². The zero-order valence-electron chi connectivity index (χ0n) is 12.1. The molecule has 2 atom stereocenters. The van der Waals surface area contributed by atoms with Crippen LogP contribution in [0.3, 0.4) is 0 Å². The molecule has 1 saturated heterocycles. The molecule has 2 aromatic carbocycles. The second-order valence-corrected chi connectivity index (χ2v) is 6.27. The highest BCUT2D eigenvalue weighted by Crippen LogP contribution is 2.49. The van der Waals surface area contributed by atoms with Gasteiger partial charge in [0.05, 0.1) is 0 Å². The lowest BCUT2D eigenvalue weighted by Gasteiger charge is -2.49. The summed E-state index contributed by atoms with van der Waals surface area (Å²) in [5.41, 5.74) is 2.32. The van der Waals surface area contributed by atoms with Crippen LogP contribution < -0.4 is 4.74 Å². The van der Waals surface area contributed by atoms with Crippen molar-refractivity contribution in [1.82, 2.24) is 4.90 Å². The molecule has 108 valence electrons. The number of benzene rings is 2. The van der Waals surface area contributed by atoms with Gasteiger partial charge in [0.25, 0.3) is 0 Å². The molecule has 0 amide bonds. The highest BCUT2D eigenvalue weighted by Gasteiger charge is 2.47. The lowest BCUT2D eigenvalue weighted by atomic mass is 9.67. The van der Waals surface area contributed by atoms with Gasteiger partial charge in [-0.05, 0) is 30.8 Å². The molecule has 21 heavy (non-hydrogen) atoms. The fourth-order valence-electron chi connectivity index (χ4n) is 3.96. The summed E-state index contributed by atoms with van der Waals surface area (Å²) in [5.74, 6) is 1.22. The van der Waals surface area contributed by atoms with Crippen LogP contribution in [0.5, 0.6) is 11.5 Å². The minimum atomic E-state index is -0.0920. The minimum absolute atomic E-state index is 0.0920. The van der Waals surface area contributed by atoms with Crippen molar-refractivity contribution in [1.29, 1.82) is 0 Å². The minimum Gasteiger partial charge on any atom is -0.508 e. The van der Waals surface area contributed by atoms with Crippen molar-refractivity contribution < 1.29 is 9.84 Å². The van der Waals surface area contributed by atoms with E-state index in [1.54, 1.807) is 6.07 Å². The Morgan fingerprint density at radius 2 is 2.00 bits per heavy atom. The van der Waals surface area contributed by atoms with Crippen LogP contribution in [0.15, 0.2) is 48.5 Å². The van der Waals surface area contributed by atoms with Crippen LogP contribution in [0.2, 0.25) is 0 Å². The molecule has 4 rings (SSSR count). The number of rotatable bonds is 1. The Hall–Kier alpha value is -2.00. The molecule has 0 aromatic heterocycles. The van der Waals surface area contributed by atoms with Gasteiger partial charge in [-0.3, -0.25) is 0 Å². The van der Waals surface area contributed by atoms with Crippen molar-refractivity contribution in [2.24, 2.45) is 0 Å². The number of phenolic OH excluding ortho intramolecular Hbond substituents is 1. The van der Waals surface area contributed by atoms with Gasteiger partial charge in [0.15, 0.2) is 0 Å². The quantitative estimate of drug-likeness (QED) is 0.872. The molecular formula is C18H19NO2. The third-order valence-corrected chi connectivity index (χ3v) is 4.73. The fourth-order valence-corrected chi connectivity index (χ4v) is 3.96. The van der Waals surface area contributed by atoms with Crippen LogP contribution >= 0.6 is 0 Å². The van der Waals surface area contributed by atoms with Gasteiger partial charge in [-0.1, -0.05) is 30.3 Å². The van der Waals surface area contributed by atoms with Gasteiger partial charge in [0.2, 0.25) is 0 Å². The summed E-state index contributed by atoms with van der Waals surface area (Å²) in [6.45, 7) is 1.90. The molecular weight excluding hydrogens is 262 g/mol. The maximum absolute atomic E-state index is 9.94. The molecule has 2 heterocycles. The third kappa shape index (κ3) is 1.92. The van der Waals surface area contributed by atoms with Crippen molar-refractivity contribution in [3.05, 3.63) is 59.7 Å². The SMILES string of the molecule is CN1CC2CC(c3ccccc3)(C1)c1cc(O)ccc1O2. The number of likely N-dealkylation sites (tertiary alicyclic amines) is 1. The maximum Gasteiger partial charge on any atom is 0.124 e. The van der Waals surface area contributed by atoms with E-state index in [4.69, 9.17) is 4.74 Å². The first kappa shape index (κ1) is 12.7. The van der Waals surface area contributed by atoms with E-state index in [1.807, 2.05) is 18.2 Å². The molecule has 2 unspecified atom stereocenters. The van der Waals surface area contributed by atoms with E-state index in [0.29, 0.717) is 5.75 Å². The monoisotopic (exact) mass is 281 g/mol. The molecule has 3 heteroatoms. The average molecular weight is 281 g/mol. The van der Waals surface area contributed by atoms with Gasteiger partial charge in [-0.2, -0.15) is 0 Å². The zero-order chi connectivity index (χ0) is 14.4.